The maximum absolute atomic E-state index is 13.2. The van der Waals surface area contributed by atoms with E-state index in [-0.39, 0.29) is 11.8 Å². The summed E-state index contributed by atoms with van der Waals surface area (Å²) in [4.78, 5) is 43.1. The highest BCUT2D eigenvalue weighted by Crippen LogP contribution is 2.28. The second kappa shape index (κ2) is 10.5. The van der Waals surface area contributed by atoms with Gasteiger partial charge in [0.05, 0.1) is 21.6 Å². The number of para-hydroxylation sites is 1. The average Bonchev–Trinajstić information content (AvgIpc) is 3.73. The van der Waals surface area contributed by atoms with Crippen LogP contribution in [-0.2, 0) is 9.59 Å². The van der Waals surface area contributed by atoms with Gasteiger partial charge in [-0.3, -0.25) is 19.5 Å². The molecule has 3 heterocycles. The predicted molar refractivity (Wildman–Crippen MR) is 151 cm³/mol. The molecule has 0 bridgehead atoms. The van der Waals surface area contributed by atoms with E-state index in [1.807, 2.05) is 78.9 Å². The van der Waals surface area contributed by atoms with Crippen molar-refractivity contribution < 1.29 is 14.4 Å². The number of amides is 3. The number of aromatic nitrogens is 3. The first-order chi connectivity index (χ1) is 19.1. The van der Waals surface area contributed by atoms with E-state index in [0.717, 1.165) is 39.2 Å². The summed E-state index contributed by atoms with van der Waals surface area (Å²) in [5, 5.41) is 13.4. The van der Waals surface area contributed by atoms with Gasteiger partial charge in [-0.25, -0.2) is 4.98 Å². The molecule has 3 N–H and O–H groups in total. The van der Waals surface area contributed by atoms with Crippen molar-refractivity contribution in [2.75, 3.05) is 17.2 Å². The van der Waals surface area contributed by atoms with Crippen LogP contribution in [0.3, 0.4) is 0 Å². The zero-order valence-corrected chi connectivity index (χ0v) is 21.6. The Bertz CT molecular complexity index is 1630. The second-order valence-corrected chi connectivity index (χ2v) is 10.2. The molecule has 1 aliphatic rings. The van der Waals surface area contributed by atoms with Crippen molar-refractivity contribution in [1.29, 1.82) is 0 Å². The number of rotatable bonds is 7. The lowest BCUT2D eigenvalue weighted by Crippen LogP contribution is -2.43. The third kappa shape index (κ3) is 5.01. The van der Waals surface area contributed by atoms with Crippen LogP contribution in [0.5, 0.6) is 0 Å². The standard InChI is InChI=1S/C29H24N6O3S/c36-17-30-20-11-7-18(8-12-20)23-16-24(34-33-23)19-9-13-21(14-10-19)31-27(37)25-5-3-15-35(25)29(38)28-32-22-4-1-2-6-26(22)39-28/h1-2,4,6-14,16-17,25H,3,5,15H2,(H,30,36)(H,31,37)(H,33,34)/t25-/m0/s1. The van der Waals surface area contributed by atoms with Crippen LogP contribution in [0.2, 0.25) is 0 Å². The first-order valence-corrected chi connectivity index (χ1v) is 13.3. The van der Waals surface area contributed by atoms with Gasteiger partial charge in [0.1, 0.15) is 6.04 Å². The summed E-state index contributed by atoms with van der Waals surface area (Å²) in [6, 6.07) is 23.9. The second-order valence-electron chi connectivity index (χ2n) is 9.22. The third-order valence-corrected chi connectivity index (χ3v) is 7.77. The Labute approximate surface area is 227 Å². The van der Waals surface area contributed by atoms with Crippen LogP contribution in [0.4, 0.5) is 11.4 Å². The predicted octanol–water partition coefficient (Wildman–Crippen LogP) is 5.17. The minimum Gasteiger partial charge on any atom is -0.329 e. The molecule has 0 aliphatic carbocycles. The normalized spacial score (nSPS) is 14.9. The number of hydrogen-bond acceptors (Lipinski definition) is 6. The summed E-state index contributed by atoms with van der Waals surface area (Å²) in [6.07, 6.45) is 2.02. The highest BCUT2D eigenvalue weighted by molar-refractivity contribution is 7.20. The Balaban J connectivity index is 1.12. The summed E-state index contributed by atoms with van der Waals surface area (Å²) in [7, 11) is 0. The van der Waals surface area contributed by atoms with Crippen molar-refractivity contribution >= 4 is 51.2 Å². The molecule has 2 aromatic heterocycles. The molecule has 9 nitrogen and oxygen atoms in total. The molecule has 10 heteroatoms. The quantitative estimate of drug-likeness (QED) is 0.248. The molecule has 3 amide bonds. The van der Waals surface area contributed by atoms with E-state index in [9.17, 15) is 14.4 Å². The van der Waals surface area contributed by atoms with E-state index in [1.54, 1.807) is 4.90 Å². The highest BCUT2D eigenvalue weighted by Gasteiger charge is 2.35. The molecule has 3 aromatic carbocycles. The number of H-pyrrole nitrogens is 1. The van der Waals surface area contributed by atoms with Crippen molar-refractivity contribution in [2.24, 2.45) is 0 Å². The van der Waals surface area contributed by atoms with Gasteiger partial charge in [-0.05, 0) is 60.9 Å². The van der Waals surface area contributed by atoms with Crippen LogP contribution < -0.4 is 10.6 Å². The number of benzene rings is 3. The van der Waals surface area contributed by atoms with Gasteiger partial charge in [0, 0.05) is 23.5 Å². The molecule has 1 saturated heterocycles. The molecule has 0 saturated carbocycles. The van der Waals surface area contributed by atoms with E-state index in [1.165, 1.54) is 11.3 Å². The molecule has 39 heavy (non-hydrogen) atoms. The number of nitrogens with one attached hydrogen (secondary N) is 3. The molecule has 0 unspecified atom stereocenters. The SMILES string of the molecule is O=CNc1ccc(-c2cc(-c3ccc(NC(=O)[C@@H]4CCCN4C(=O)c4nc5ccccc5s4)cc3)[nH]n2)cc1. The summed E-state index contributed by atoms with van der Waals surface area (Å²) in [5.74, 6) is -0.403. The number of aromatic amines is 1. The van der Waals surface area contributed by atoms with Crippen LogP contribution in [0.1, 0.15) is 22.6 Å². The summed E-state index contributed by atoms with van der Waals surface area (Å²) in [6.45, 7) is 0.532. The lowest BCUT2D eigenvalue weighted by molar-refractivity contribution is -0.119. The summed E-state index contributed by atoms with van der Waals surface area (Å²) >= 11 is 1.35. The van der Waals surface area contributed by atoms with Gasteiger partial charge in [0.15, 0.2) is 5.01 Å². The fourth-order valence-corrected chi connectivity index (χ4v) is 5.67. The van der Waals surface area contributed by atoms with E-state index in [2.05, 4.69) is 25.8 Å². The average molecular weight is 537 g/mol. The number of fused-ring (bicyclic) bond motifs is 1. The van der Waals surface area contributed by atoms with Crippen LogP contribution in [0.15, 0.2) is 78.9 Å². The summed E-state index contributed by atoms with van der Waals surface area (Å²) < 4.78 is 0.954. The lowest BCUT2D eigenvalue weighted by atomic mass is 10.1. The van der Waals surface area contributed by atoms with Gasteiger partial charge in [-0.2, -0.15) is 5.10 Å². The zero-order chi connectivity index (χ0) is 26.8. The molecule has 1 atom stereocenters. The molecule has 6 rings (SSSR count). The maximum atomic E-state index is 13.2. The van der Waals surface area contributed by atoms with Crippen molar-refractivity contribution in [3.63, 3.8) is 0 Å². The number of likely N-dealkylation sites (tertiary alicyclic amines) is 1. The van der Waals surface area contributed by atoms with E-state index in [4.69, 9.17) is 0 Å². The van der Waals surface area contributed by atoms with E-state index in [0.29, 0.717) is 35.8 Å². The van der Waals surface area contributed by atoms with Gasteiger partial charge in [-0.15, -0.1) is 11.3 Å². The number of thiazole rings is 1. The van der Waals surface area contributed by atoms with E-state index < -0.39 is 6.04 Å². The Kier molecular flexibility index (Phi) is 6.60. The Morgan fingerprint density at radius 1 is 0.974 bits per heavy atom. The molecule has 0 spiro atoms. The van der Waals surface area contributed by atoms with Crippen molar-refractivity contribution in [3.8, 4) is 22.5 Å². The minimum absolute atomic E-state index is 0.200. The number of carbonyl (C=O) groups is 3. The largest absolute Gasteiger partial charge is 0.329 e. The van der Waals surface area contributed by atoms with E-state index >= 15 is 0 Å². The molecular weight excluding hydrogens is 512 g/mol. The topological polar surface area (TPSA) is 120 Å². The lowest BCUT2D eigenvalue weighted by Gasteiger charge is -2.23. The van der Waals surface area contributed by atoms with Crippen LogP contribution in [-0.4, -0.2) is 50.9 Å². The number of hydrogen-bond donors (Lipinski definition) is 3. The Hall–Kier alpha value is -4.83. The van der Waals surface area contributed by atoms with Gasteiger partial charge in [-0.1, -0.05) is 36.4 Å². The van der Waals surface area contributed by atoms with Crippen molar-refractivity contribution in [2.45, 2.75) is 18.9 Å². The molecule has 194 valence electrons. The van der Waals surface area contributed by atoms with Crippen molar-refractivity contribution in [3.05, 3.63) is 83.9 Å². The monoisotopic (exact) mass is 536 g/mol. The number of nitrogens with zero attached hydrogens (tertiary/aromatic N) is 3. The first-order valence-electron chi connectivity index (χ1n) is 12.5. The Morgan fingerprint density at radius 2 is 1.72 bits per heavy atom. The van der Waals surface area contributed by atoms with Crippen LogP contribution >= 0.6 is 11.3 Å². The molecule has 0 radical (unpaired) electrons. The van der Waals surface area contributed by atoms with Crippen LogP contribution in [0, 0.1) is 0 Å². The van der Waals surface area contributed by atoms with Crippen molar-refractivity contribution in [1.82, 2.24) is 20.1 Å². The highest BCUT2D eigenvalue weighted by atomic mass is 32.1. The van der Waals surface area contributed by atoms with Gasteiger partial charge >= 0.3 is 0 Å². The van der Waals surface area contributed by atoms with Gasteiger partial charge in [0.25, 0.3) is 5.91 Å². The maximum Gasteiger partial charge on any atom is 0.283 e. The first kappa shape index (κ1) is 24.5. The molecule has 1 aliphatic heterocycles. The zero-order valence-electron chi connectivity index (χ0n) is 20.8. The number of carbonyl (C=O) groups excluding carboxylic acids is 3. The molecular formula is C29H24N6O3S. The van der Waals surface area contributed by atoms with Gasteiger partial charge < -0.3 is 15.5 Å². The third-order valence-electron chi connectivity index (χ3n) is 6.74. The summed E-state index contributed by atoms with van der Waals surface area (Å²) in [5.41, 5.74) is 5.60. The Morgan fingerprint density at radius 3 is 2.49 bits per heavy atom. The smallest absolute Gasteiger partial charge is 0.283 e. The molecule has 5 aromatic rings. The fraction of sp³-hybridized carbons (Fsp3) is 0.138. The van der Waals surface area contributed by atoms with Crippen LogP contribution in [0.25, 0.3) is 32.7 Å². The van der Waals surface area contributed by atoms with Gasteiger partial charge in [0.2, 0.25) is 12.3 Å². The fourth-order valence-electron chi connectivity index (χ4n) is 4.75. The number of anilines is 2. The minimum atomic E-state index is -0.535. The molecule has 1 fully saturated rings.